The zero-order valence-electron chi connectivity index (χ0n) is 25.1. The highest BCUT2D eigenvalue weighted by Crippen LogP contribution is 2.43. The number of nitrogen functional groups attached to an aromatic ring is 1. The molecule has 2 aliphatic rings. The van der Waals surface area contributed by atoms with E-state index in [0.717, 1.165) is 31.5 Å². The number of nitrogens with one attached hydrogen (secondary N) is 1. The summed E-state index contributed by atoms with van der Waals surface area (Å²) in [5.74, 6) is 1.07. The molecule has 1 saturated carbocycles. The smallest absolute Gasteiger partial charge is 0.272 e. The first-order valence-electron chi connectivity index (χ1n) is 15.1. The van der Waals surface area contributed by atoms with Crippen molar-refractivity contribution in [3.05, 3.63) is 89.5 Å². The van der Waals surface area contributed by atoms with Crippen molar-refractivity contribution in [2.24, 2.45) is 17.6 Å². The Balaban J connectivity index is 1.15. The number of aromatic nitrogens is 3. The Bertz CT molecular complexity index is 1920. The lowest BCUT2D eigenvalue weighted by Gasteiger charge is -2.23. The molecule has 46 heavy (non-hydrogen) atoms. The molecule has 9 nitrogen and oxygen atoms in total. The maximum absolute atomic E-state index is 14.1. The van der Waals surface area contributed by atoms with E-state index in [1.807, 2.05) is 13.0 Å². The number of aryl methyl sites for hydroxylation is 1. The molecule has 2 aromatic heterocycles. The van der Waals surface area contributed by atoms with Gasteiger partial charge in [0.1, 0.15) is 23.9 Å². The lowest BCUT2D eigenvalue weighted by atomic mass is 10.0. The number of hydrogen-bond acceptors (Lipinski definition) is 7. The number of benzene rings is 3. The summed E-state index contributed by atoms with van der Waals surface area (Å²) in [5.41, 5.74) is 15.8. The van der Waals surface area contributed by atoms with Crippen LogP contribution >= 0.6 is 0 Å². The molecule has 0 radical (unpaired) electrons. The van der Waals surface area contributed by atoms with Gasteiger partial charge in [-0.05, 0) is 85.7 Å². The summed E-state index contributed by atoms with van der Waals surface area (Å²) in [7, 11) is 0. The number of ketones is 1. The SMILES string of the molecule is Cc1cc(Oc2ccccc2F)ccc1-n1ncc(C(=O)c2cc3cc(OCC(F)F)c(N4CC5C[C@@H](N)C[C@H]5C4)cc3[nH]2)c1N. The molecular formula is C34H33F3N6O3. The Morgan fingerprint density at radius 2 is 1.80 bits per heavy atom. The first-order valence-corrected chi connectivity index (χ1v) is 15.1. The largest absolute Gasteiger partial charge is 0.485 e. The van der Waals surface area contributed by atoms with Gasteiger partial charge in [-0.1, -0.05) is 12.1 Å². The first kappa shape index (κ1) is 29.7. The Hall–Kier alpha value is -4.97. The number of aromatic amines is 1. The number of carbonyl (C=O) groups is 1. The first-order chi connectivity index (χ1) is 22.1. The highest BCUT2D eigenvalue weighted by Gasteiger charge is 2.40. The van der Waals surface area contributed by atoms with Crippen molar-refractivity contribution in [2.75, 3.05) is 30.3 Å². The second-order valence-corrected chi connectivity index (χ2v) is 12.1. The second kappa shape index (κ2) is 11.8. The fourth-order valence-corrected chi connectivity index (χ4v) is 6.78. The predicted octanol–water partition coefficient (Wildman–Crippen LogP) is 6.22. The van der Waals surface area contributed by atoms with Gasteiger partial charge in [0.2, 0.25) is 5.78 Å². The Morgan fingerprint density at radius 3 is 2.52 bits per heavy atom. The second-order valence-electron chi connectivity index (χ2n) is 12.1. The van der Waals surface area contributed by atoms with Gasteiger partial charge in [-0.25, -0.2) is 17.9 Å². The van der Waals surface area contributed by atoms with E-state index in [1.54, 1.807) is 42.5 Å². The van der Waals surface area contributed by atoms with Gasteiger partial charge in [-0.3, -0.25) is 4.79 Å². The third kappa shape index (κ3) is 5.53. The number of alkyl halides is 2. The Kier molecular flexibility index (Phi) is 7.59. The fourth-order valence-electron chi connectivity index (χ4n) is 6.78. The molecule has 1 aliphatic heterocycles. The van der Waals surface area contributed by atoms with E-state index in [4.69, 9.17) is 20.9 Å². The zero-order chi connectivity index (χ0) is 32.1. The van der Waals surface area contributed by atoms with Crippen molar-refractivity contribution < 1.29 is 27.4 Å². The van der Waals surface area contributed by atoms with Crippen LogP contribution in [0.2, 0.25) is 0 Å². The van der Waals surface area contributed by atoms with Crippen molar-refractivity contribution >= 4 is 28.2 Å². The number of ether oxygens (including phenoxy) is 2. The molecule has 5 N–H and O–H groups in total. The summed E-state index contributed by atoms with van der Waals surface area (Å²) in [6.45, 7) is 2.64. The van der Waals surface area contributed by atoms with E-state index in [9.17, 15) is 18.0 Å². The van der Waals surface area contributed by atoms with Crippen molar-refractivity contribution in [1.29, 1.82) is 0 Å². The number of anilines is 2. The van der Waals surface area contributed by atoms with Crippen LogP contribution in [0.4, 0.5) is 24.7 Å². The van der Waals surface area contributed by atoms with Crippen LogP contribution in [0.5, 0.6) is 17.2 Å². The summed E-state index contributed by atoms with van der Waals surface area (Å²) < 4.78 is 53.1. The van der Waals surface area contributed by atoms with Crippen LogP contribution in [0, 0.1) is 24.6 Å². The number of hydrogen-bond donors (Lipinski definition) is 3. The molecule has 1 saturated heterocycles. The minimum atomic E-state index is -2.62. The maximum Gasteiger partial charge on any atom is 0.272 e. The molecular weight excluding hydrogens is 597 g/mol. The molecule has 0 amide bonds. The van der Waals surface area contributed by atoms with Crippen molar-refractivity contribution in [3.8, 4) is 22.9 Å². The molecule has 5 aromatic rings. The maximum atomic E-state index is 14.1. The van der Waals surface area contributed by atoms with Gasteiger partial charge in [0.25, 0.3) is 6.43 Å². The quantitative estimate of drug-likeness (QED) is 0.165. The molecule has 2 fully saturated rings. The number of H-pyrrole nitrogens is 1. The summed E-state index contributed by atoms with van der Waals surface area (Å²) >= 11 is 0. The molecule has 0 bridgehead atoms. The van der Waals surface area contributed by atoms with Gasteiger partial charge in [0.05, 0.1) is 28.8 Å². The molecule has 1 aliphatic carbocycles. The molecule has 3 heterocycles. The molecule has 3 aromatic carbocycles. The van der Waals surface area contributed by atoms with Gasteiger partial charge in [0.15, 0.2) is 11.6 Å². The normalized spacial score (nSPS) is 19.3. The summed E-state index contributed by atoms with van der Waals surface area (Å²) in [6.07, 6.45) is 0.667. The lowest BCUT2D eigenvalue weighted by Crippen LogP contribution is -2.25. The molecule has 12 heteroatoms. The van der Waals surface area contributed by atoms with E-state index >= 15 is 0 Å². The number of rotatable bonds is 9. The highest BCUT2D eigenvalue weighted by atomic mass is 19.3. The highest BCUT2D eigenvalue weighted by molar-refractivity contribution is 6.12. The van der Waals surface area contributed by atoms with Crippen LogP contribution in [0.1, 0.15) is 34.5 Å². The molecule has 7 rings (SSSR count). The third-order valence-electron chi connectivity index (χ3n) is 8.95. The molecule has 3 atom stereocenters. The molecule has 0 spiro atoms. The monoisotopic (exact) mass is 630 g/mol. The van der Waals surface area contributed by atoms with E-state index in [0.29, 0.717) is 45.6 Å². The van der Waals surface area contributed by atoms with E-state index < -0.39 is 18.8 Å². The zero-order valence-corrected chi connectivity index (χ0v) is 25.1. The fraction of sp³-hybridized carbons (Fsp3) is 0.294. The van der Waals surface area contributed by atoms with Crippen molar-refractivity contribution in [2.45, 2.75) is 32.2 Å². The summed E-state index contributed by atoms with van der Waals surface area (Å²) in [5, 5.41) is 5.02. The predicted molar refractivity (Wildman–Crippen MR) is 169 cm³/mol. The average molecular weight is 631 g/mol. The van der Waals surface area contributed by atoms with Crippen LogP contribution in [-0.2, 0) is 0 Å². The minimum absolute atomic E-state index is 0.104. The van der Waals surface area contributed by atoms with Gasteiger partial charge in [-0.15, -0.1) is 0 Å². The lowest BCUT2D eigenvalue weighted by molar-refractivity contribution is 0.0822. The average Bonchev–Trinajstić information content (AvgIpc) is 3.79. The van der Waals surface area contributed by atoms with E-state index in [-0.39, 0.29) is 34.6 Å². The Labute approximate surface area is 262 Å². The van der Waals surface area contributed by atoms with Crippen LogP contribution in [0.15, 0.2) is 66.9 Å². The number of carbonyl (C=O) groups excluding carboxylic acids is 1. The molecule has 1 unspecified atom stereocenters. The number of para-hydroxylation sites is 1. The third-order valence-corrected chi connectivity index (χ3v) is 8.95. The van der Waals surface area contributed by atoms with E-state index in [2.05, 4.69) is 15.0 Å². The van der Waals surface area contributed by atoms with Crippen molar-refractivity contribution in [3.63, 3.8) is 0 Å². The van der Waals surface area contributed by atoms with Gasteiger partial charge < -0.3 is 30.8 Å². The topological polar surface area (TPSA) is 124 Å². The standard InChI is InChI=1S/C34H33F3N6O3/c1-18-8-23(46-30-5-3-2-4-25(30)35)6-7-28(18)43-34(39)24(14-40-43)33(44)27-11-19-12-31(45-17-32(36)37)29(13-26(19)41-27)42-15-20-9-22(38)10-21(20)16-42/h2-8,11-14,20-22,32,41H,9-10,15-17,38-39H2,1H3/t20-,21?,22-/m0/s1. The minimum Gasteiger partial charge on any atom is -0.485 e. The van der Waals surface area contributed by atoms with Crippen molar-refractivity contribution in [1.82, 2.24) is 14.8 Å². The summed E-state index contributed by atoms with van der Waals surface area (Å²) in [6, 6.07) is 16.7. The number of nitrogens with two attached hydrogens (primary N) is 2. The number of halogens is 3. The number of nitrogens with zero attached hydrogens (tertiary/aromatic N) is 3. The van der Waals surface area contributed by atoms with Crippen LogP contribution in [0.25, 0.3) is 16.6 Å². The van der Waals surface area contributed by atoms with Gasteiger partial charge in [0, 0.05) is 30.0 Å². The van der Waals surface area contributed by atoms with Gasteiger partial charge in [-0.2, -0.15) is 5.10 Å². The van der Waals surface area contributed by atoms with E-state index in [1.165, 1.54) is 23.0 Å². The Morgan fingerprint density at radius 1 is 1.04 bits per heavy atom. The van der Waals surface area contributed by atoms with Crippen LogP contribution in [-0.4, -0.2) is 52.7 Å². The van der Waals surface area contributed by atoms with Crippen LogP contribution < -0.4 is 25.8 Å². The molecule has 238 valence electrons. The van der Waals surface area contributed by atoms with Gasteiger partial charge >= 0.3 is 0 Å². The number of fused-ring (bicyclic) bond motifs is 2. The van der Waals surface area contributed by atoms with Crippen LogP contribution in [0.3, 0.4) is 0 Å². The summed E-state index contributed by atoms with van der Waals surface area (Å²) in [4.78, 5) is 19.0.